The number of carboxylic acids is 1. The van der Waals surface area contributed by atoms with Gasteiger partial charge in [0, 0.05) is 5.69 Å². The van der Waals surface area contributed by atoms with Gasteiger partial charge in [-0.1, -0.05) is 0 Å². The van der Waals surface area contributed by atoms with Crippen LogP contribution in [0, 0.1) is 12.3 Å². The first-order chi connectivity index (χ1) is 7.84. The lowest BCUT2D eigenvalue weighted by Crippen LogP contribution is -2.24. The van der Waals surface area contributed by atoms with Crippen molar-refractivity contribution in [2.24, 2.45) is 0 Å². The van der Waals surface area contributed by atoms with Gasteiger partial charge in [0.25, 0.3) is 0 Å². The van der Waals surface area contributed by atoms with E-state index in [-0.39, 0.29) is 0 Å². The van der Waals surface area contributed by atoms with Crippen LogP contribution in [0.2, 0.25) is 0 Å². The van der Waals surface area contributed by atoms with Gasteiger partial charge in [-0.15, -0.1) is 0 Å². The molecule has 0 aliphatic carbocycles. The van der Waals surface area contributed by atoms with Gasteiger partial charge in [0.2, 0.25) is 0 Å². The summed E-state index contributed by atoms with van der Waals surface area (Å²) < 4.78 is 7.04. The van der Waals surface area contributed by atoms with E-state index in [0.29, 0.717) is 11.4 Å². The van der Waals surface area contributed by atoms with E-state index in [1.54, 1.807) is 24.7 Å². The van der Waals surface area contributed by atoms with Crippen molar-refractivity contribution < 1.29 is 14.6 Å². The highest BCUT2D eigenvalue weighted by Gasteiger charge is 2.18. The molecule has 0 saturated heterocycles. The molecule has 0 aromatic carbocycles. The molecular weight excluding hydrogens is 222 g/mol. The van der Waals surface area contributed by atoms with E-state index < -0.39 is 18.3 Å². The Morgan fingerprint density at radius 1 is 1.59 bits per heavy atom. The van der Waals surface area contributed by atoms with Crippen LogP contribution in [0.25, 0.3) is 0 Å². The predicted molar refractivity (Wildman–Crippen MR) is 62.4 cm³/mol. The Morgan fingerprint density at radius 3 is 2.59 bits per heavy atom. The molecule has 6 nitrogen and oxygen atoms in total. The fraction of sp³-hybridized carbons (Fsp3) is 0.545. The standard InChI is InChI=1S/C11H17N3O3/c1-6(12)10-7(2)14(5-13-10)9(4)17-8(3)11(15)16/h5,8-9,12H,1-4H3,(H,15,16). The number of carboxylic acid groups (broad SMARTS) is 1. The quantitative estimate of drug-likeness (QED) is 0.763. The van der Waals surface area contributed by atoms with Crippen LogP contribution < -0.4 is 0 Å². The molecule has 0 saturated carbocycles. The SMILES string of the molecule is CC(=N)c1ncn(C(C)OC(C)C(=O)O)c1C. The molecule has 2 N–H and O–H groups in total. The topological polar surface area (TPSA) is 88.2 Å². The normalized spacial score (nSPS) is 14.4. The molecule has 0 spiro atoms. The summed E-state index contributed by atoms with van der Waals surface area (Å²) in [5, 5.41) is 16.3. The predicted octanol–water partition coefficient (Wildman–Crippen LogP) is 1.59. The highest BCUT2D eigenvalue weighted by Crippen LogP contribution is 2.16. The van der Waals surface area contributed by atoms with Crippen molar-refractivity contribution in [1.29, 1.82) is 5.41 Å². The van der Waals surface area contributed by atoms with Gasteiger partial charge in [-0.3, -0.25) is 0 Å². The van der Waals surface area contributed by atoms with Crippen molar-refractivity contribution in [3.8, 4) is 0 Å². The van der Waals surface area contributed by atoms with E-state index in [0.717, 1.165) is 5.69 Å². The number of aromatic nitrogens is 2. The molecule has 1 aromatic rings. The summed E-state index contributed by atoms with van der Waals surface area (Å²) in [5.41, 5.74) is 1.77. The van der Waals surface area contributed by atoms with Crippen LogP contribution >= 0.6 is 0 Å². The molecule has 2 atom stereocenters. The van der Waals surface area contributed by atoms with Crippen LogP contribution in [0.1, 0.15) is 38.4 Å². The molecule has 6 heteroatoms. The van der Waals surface area contributed by atoms with E-state index in [1.807, 2.05) is 6.92 Å². The Morgan fingerprint density at radius 2 is 2.18 bits per heavy atom. The number of imidazole rings is 1. The molecule has 0 bridgehead atoms. The minimum atomic E-state index is -1.00. The maximum atomic E-state index is 10.7. The second kappa shape index (κ2) is 5.09. The molecule has 0 radical (unpaired) electrons. The number of nitrogens with zero attached hydrogens (tertiary/aromatic N) is 2. The number of rotatable bonds is 5. The van der Waals surface area contributed by atoms with Gasteiger partial charge >= 0.3 is 5.97 Å². The number of carbonyl (C=O) groups is 1. The Bertz CT molecular complexity index is 439. The maximum absolute atomic E-state index is 10.7. The first kappa shape index (κ1) is 13.4. The van der Waals surface area contributed by atoms with Gasteiger partial charge in [0.1, 0.15) is 11.9 Å². The van der Waals surface area contributed by atoms with Gasteiger partial charge in [0.05, 0.1) is 12.0 Å². The molecule has 0 fully saturated rings. The Kier molecular flexibility index (Phi) is 4.01. The van der Waals surface area contributed by atoms with Crippen molar-refractivity contribution in [2.45, 2.75) is 40.0 Å². The van der Waals surface area contributed by atoms with Gasteiger partial charge in [-0.05, 0) is 27.7 Å². The second-order valence-corrected chi connectivity index (χ2v) is 3.93. The van der Waals surface area contributed by atoms with Gasteiger partial charge < -0.3 is 19.8 Å². The molecule has 0 aliphatic rings. The minimum absolute atomic E-state index is 0.375. The minimum Gasteiger partial charge on any atom is -0.479 e. The molecule has 17 heavy (non-hydrogen) atoms. The average molecular weight is 239 g/mol. The number of hydrogen-bond donors (Lipinski definition) is 2. The van der Waals surface area contributed by atoms with E-state index in [2.05, 4.69) is 4.98 Å². The molecular formula is C11H17N3O3. The van der Waals surface area contributed by atoms with Crippen molar-refractivity contribution in [2.75, 3.05) is 0 Å². The van der Waals surface area contributed by atoms with E-state index in [4.69, 9.17) is 15.3 Å². The van der Waals surface area contributed by atoms with Crippen LogP contribution in [0.5, 0.6) is 0 Å². The van der Waals surface area contributed by atoms with E-state index in [1.165, 1.54) is 6.92 Å². The Balaban J connectivity index is 2.86. The second-order valence-electron chi connectivity index (χ2n) is 3.93. The van der Waals surface area contributed by atoms with Crippen molar-refractivity contribution >= 4 is 11.7 Å². The highest BCUT2D eigenvalue weighted by atomic mass is 16.5. The molecule has 1 aromatic heterocycles. The Labute approximate surface area is 99.7 Å². The highest BCUT2D eigenvalue weighted by molar-refractivity contribution is 5.95. The third-order valence-corrected chi connectivity index (χ3v) is 2.54. The lowest BCUT2D eigenvalue weighted by molar-refractivity contribution is -0.155. The summed E-state index contributed by atoms with van der Waals surface area (Å²) in [6, 6.07) is 0. The summed E-state index contributed by atoms with van der Waals surface area (Å²) in [6.07, 6.45) is 0.250. The lowest BCUT2D eigenvalue weighted by Gasteiger charge is -2.18. The Hall–Kier alpha value is -1.69. The van der Waals surface area contributed by atoms with Crippen LogP contribution in [0.3, 0.4) is 0 Å². The van der Waals surface area contributed by atoms with E-state index >= 15 is 0 Å². The molecule has 0 aliphatic heterocycles. The fourth-order valence-electron chi connectivity index (χ4n) is 1.58. The third kappa shape index (κ3) is 2.91. The molecule has 1 rings (SSSR count). The first-order valence-corrected chi connectivity index (χ1v) is 5.31. The summed E-state index contributed by atoms with van der Waals surface area (Å²) in [5.74, 6) is -1.00. The smallest absolute Gasteiger partial charge is 0.332 e. The van der Waals surface area contributed by atoms with Crippen LogP contribution in [0.4, 0.5) is 0 Å². The average Bonchev–Trinajstić information content (AvgIpc) is 2.59. The number of nitrogens with one attached hydrogen (secondary N) is 1. The van der Waals surface area contributed by atoms with Gasteiger partial charge in [0.15, 0.2) is 6.10 Å². The van der Waals surface area contributed by atoms with Gasteiger partial charge in [-0.25, -0.2) is 9.78 Å². The molecule has 94 valence electrons. The summed E-state index contributed by atoms with van der Waals surface area (Å²) in [4.78, 5) is 14.8. The zero-order valence-corrected chi connectivity index (χ0v) is 10.4. The molecule has 2 unspecified atom stereocenters. The molecule has 1 heterocycles. The summed E-state index contributed by atoms with van der Waals surface area (Å²) >= 11 is 0. The summed E-state index contributed by atoms with van der Waals surface area (Å²) in [7, 11) is 0. The number of hydrogen-bond acceptors (Lipinski definition) is 4. The zero-order chi connectivity index (χ0) is 13.2. The van der Waals surface area contributed by atoms with E-state index in [9.17, 15) is 4.79 Å². The largest absolute Gasteiger partial charge is 0.479 e. The van der Waals surface area contributed by atoms with Crippen LogP contribution in [-0.4, -0.2) is 32.4 Å². The third-order valence-electron chi connectivity index (χ3n) is 2.54. The van der Waals surface area contributed by atoms with Crippen molar-refractivity contribution in [3.63, 3.8) is 0 Å². The monoisotopic (exact) mass is 239 g/mol. The lowest BCUT2D eigenvalue weighted by atomic mass is 10.2. The number of ether oxygens (including phenoxy) is 1. The van der Waals surface area contributed by atoms with Gasteiger partial charge in [-0.2, -0.15) is 0 Å². The molecule has 0 amide bonds. The fourth-order valence-corrected chi connectivity index (χ4v) is 1.58. The first-order valence-electron chi connectivity index (χ1n) is 5.31. The maximum Gasteiger partial charge on any atom is 0.332 e. The number of aliphatic carboxylic acids is 1. The van der Waals surface area contributed by atoms with Crippen LogP contribution in [0.15, 0.2) is 6.33 Å². The van der Waals surface area contributed by atoms with Crippen LogP contribution in [-0.2, 0) is 9.53 Å². The van der Waals surface area contributed by atoms with Crippen molar-refractivity contribution in [1.82, 2.24) is 9.55 Å². The summed E-state index contributed by atoms with van der Waals surface area (Å²) in [6.45, 7) is 6.71. The zero-order valence-electron chi connectivity index (χ0n) is 10.4. The van der Waals surface area contributed by atoms with Crippen molar-refractivity contribution in [3.05, 3.63) is 17.7 Å².